The molecule has 0 spiro atoms. The first-order chi connectivity index (χ1) is 21.8. The lowest BCUT2D eigenvalue weighted by Gasteiger charge is -2.34. The summed E-state index contributed by atoms with van der Waals surface area (Å²) in [5, 5.41) is 3.61. The minimum absolute atomic E-state index is 0.00984. The molecule has 242 valence electrons. The van der Waals surface area contributed by atoms with Crippen molar-refractivity contribution in [2.75, 3.05) is 10.8 Å². The van der Waals surface area contributed by atoms with E-state index >= 15 is 0 Å². The normalized spacial score (nSPS) is 12.1. The van der Waals surface area contributed by atoms with Crippen molar-refractivity contribution in [2.24, 2.45) is 0 Å². The summed E-state index contributed by atoms with van der Waals surface area (Å²) in [5.74, 6) is -0.911. The summed E-state index contributed by atoms with van der Waals surface area (Å²) in [5.41, 5.74) is 4.59. The van der Waals surface area contributed by atoms with E-state index in [0.717, 1.165) is 26.6 Å². The zero-order chi connectivity index (χ0) is 33.6. The summed E-state index contributed by atoms with van der Waals surface area (Å²) in [4.78, 5) is 29.9. The van der Waals surface area contributed by atoms with Gasteiger partial charge in [0.15, 0.2) is 0 Å². The molecule has 0 aliphatic carbocycles. The number of anilines is 1. The van der Waals surface area contributed by atoms with E-state index in [-0.39, 0.29) is 29.8 Å². The highest BCUT2D eigenvalue weighted by Crippen LogP contribution is 2.28. The molecule has 1 atom stereocenters. The molecule has 0 heterocycles. The van der Waals surface area contributed by atoms with Crippen molar-refractivity contribution >= 4 is 50.7 Å². The van der Waals surface area contributed by atoms with Crippen LogP contribution in [0.25, 0.3) is 0 Å². The van der Waals surface area contributed by atoms with E-state index in [1.807, 2.05) is 71.0 Å². The molecular weight excluding hydrogens is 641 g/mol. The minimum Gasteiger partial charge on any atom is -0.352 e. The van der Waals surface area contributed by atoms with Crippen LogP contribution in [-0.4, -0.2) is 43.8 Å². The van der Waals surface area contributed by atoms with E-state index < -0.39 is 28.5 Å². The Labute approximate surface area is 282 Å². The van der Waals surface area contributed by atoms with Gasteiger partial charge in [-0.3, -0.25) is 13.9 Å². The van der Waals surface area contributed by atoms with E-state index in [1.54, 1.807) is 42.5 Å². The number of benzene rings is 4. The van der Waals surface area contributed by atoms with Gasteiger partial charge in [-0.15, -0.1) is 0 Å². The summed E-state index contributed by atoms with van der Waals surface area (Å²) in [6, 6.07) is 25.0. The van der Waals surface area contributed by atoms with Crippen LogP contribution >= 0.6 is 23.2 Å². The number of amides is 2. The lowest BCUT2D eigenvalue weighted by Crippen LogP contribution is -2.54. The average molecular weight is 681 g/mol. The molecule has 46 heavy (non-hydrogen) atoms. The van der Waals surface area contributed by atoms with Crippen LogP contribution in [0.2, 0.25) is 10.0 Å². The third kappa shape index (κ3) is 8.69. The molecule has 0 saturated carbocycles. The van der Waals surface area contributed by atoms with Crippen molar-refractivity contribution in [2.45, 2.75) is 64.6 Å². The van der Waals surface area contributed by atoms with Gasteiger partial charge < -0.3 is 10.2 Å². The summed E-state index contributed by atoms with van der Waals surface area (Å²) in [6.07, 6.45) is 0.209. The van der Waals surface area contributed by atoms with E-state index in [0.29, 0.717) is 21.3 Å². The summed E-state index contributed by atoms with van der Waals surface area (Å²) < 4.78 is 29.6. The standard InChI is InChI=1S/C36H39Cl2N3O4S/c1-24(2)39-36(43)34(21-28-9-7-6-8-10-28)40(22-29-14-18-32(37)33(38)20-29)35(42)23-41(30-15-13-26(4)27(5)19-30)46(44,45)31-16-11-25(3)12-17-31/h6-20,24,34H,21-23H2,1-5H3,(H,39,43)/t34-/m1/s1. The molecule has 4 rings (SSSR count). The lowest BCUT2D eigenvalue weighted by atomic mass is 10.0. The van der Waals surface area contributed by atoms with Crippen molar-refractivity contribution in [3.8, 4) is 0 Å². The van der Waals surface area contributed by atoms with Gasteiger partial charge in [0.2, 0.25) is 11.8 Å². The summed E-state index contributed by atoms with van der Waals surface area (Å²) >= 11 is 12.5. The molecule has 0 saturated heterocycles. The number of nitrogens with one attached hydrogen (secondary N) is 1. The Morgan fingerprint density at radius 2 is 1.46 bits per heavy atom. The first kappa shape index (κ1) is 35.0. The lowest BCUT2D eigenvalue weighted by molar-refractivity contribution is -0.140. The van der Waals surface area contributed by atoms with E-state index in [1.165, 1.54) is 17.0 Å². The predicted molar refractivity (Wildman–Crippen MR) is 186 cm³/mol. The van der Waals surface area contributed by atoms with Gasteiger partial charge in [0, 0.05) is 19.0 Å². The monoisotopic (exact) mass is 679 g/mol. The number of nitrogens with zero attached hydrogens (tertiary/aromatic N) is 2. The van der Waals surface area contributed by atoms with Crippen molar-refractivity contribution in [1.82, 2.24) is 10.2 Å². The molecule has 0 aliphatic rings. The maximum absolute atomic E-state index is 14.6. The van der Waals surface area contributed by atoms with Gasteiger partial charge in [0.25, 0.3) is 10.0 Å². The fourth-order valence-corrected chi connectivity index (χ4v) is 6.74. The van der Waals surface area contributed by atoms with Crippen LogP contribution in [-0.2, 0) is 32.6 Å². The Morgan fingerprint density at radius 1 is 0.783 bits per heavy atom. The van der Waals surface area contributed by atoms with Gasteiger partial charge in [-0.1, -0.05) is 83.4 Å². The van der Waals surface area contributed by atoms with Crippen molar-refractivity contribution < 1.29 is 18.0 Å². The van der Waals surface area contributed by atoms with E-state index in [2.05, 4.69) is 5.32 Å². The number of carbonyl (C=O) groups is 2. The molecule has 2 amide bonds. The van der Waals surface area contributed by atoms with E-state index in [9.17, 15) is 18.0 Å². The van der Waals surface area contributed by atoms with Crippen molar-refractivity contribution in [1.29, 1.82) is 0 Å². The third-order valence-corrected chi connectivity index (χ3v) is 10.2. The number of carbonyl (C=O) groups excluding carboxylic acids is 2. The van der Waals surface area contributed by atoms with Crippen LogP contribution in [0, 0.1) is 20.8 Å². The minimum atomic E-state index is -4.19. The largest absolute Gasteiger partial charge is 0.352 e. The molecular formula is C36H39Cl2N3O4S. The highest BCUT2D eigenvalue weighted by atomic mass is 35.5. The highest BCUT2D eigenvalue weighted by Gasteiger charge is 2.35. The van der Waals surface area contributed by atoms with Crippen LogP contribution in [0.15, 0.2) is 95.9 Å². The zero-order valence-electron chi connectivity index (χ0n) is 26.6. The topological polar surface area (TPSA) is 86.8 Å². The maximum Gasteiger partial charge on any atom is 0.264 e. The number of rotatable bonds is 12. The number of aryl methyl sites for hydroxylation is 3. The van der Waals surface area contributed by atoms with Crippen LogP contribution < -0.4 is 9.62 Å². The smallest absolute Gasteiger partial charge is 0.264 e. The van der Waals surface area contributed by atoms with Crippen LogP contribution in [0.4, 0.5) is 5.69 Å². The molecule has 0 bridgehead atoms. The first-order valence-electron chi connectivity index (χ1n) is 15.0. The van der Waals surface area contributed by atoms with Crippen LogP contribution in [0.3, 0.4) is 0 Å². The Kier molecular flexibility index (Phi) is 11.5. The summed E-state index contributed by atoms with van der Waals surface area (Å²) in [6.45, 7) is 8.83. The number of hydrogen-bond donors (Lipinski definition) is 1. The molecule has 0 fully saturated rings. The van der Waals surface area contributed by atoms with Gasteiger partial charge in [-0.2, -0.15) is 0 Å². The second-order valence-electron chi connectivity index (χ2n) is 11.7. The summed E-state index contributed by atoms with van der Waals surface area (Å²) in [7, 11) is -4.19. The van der Waals surface area contributed by atoms with Gasteiger partial charge >= 0.3 is 0 Å². The zero-order valence-corrected chi connectivity index (χ0v) is 29.0. The maximum atomic E-state index is 14.6. The number of halogens is 2. The number of hydrogen-bond acceptors (Lipinski definition) is 4. The molecule has 1 N–H and O–H groups in total. The molecule has 0 aromatic heterocycles. The third-order valence-electron chi connectivity index (χ3n) is 7.71. The quantitative estimate of drug-likeness (QED) is 0.171. The van der Waals surface area contributed by atoms with Gasteiger partial charge in [-0.25, -0.2) is 8.42 Å². The predicted octanol–water partition coefficient (Wildman–Crippen LogP) is 7.28. The average Bonchev–Trinajstić information content (AvgIpc) is 3.01. The Morgan fingerprint density at radius 3 is 2.07 bits per heavy atom. The van der Waals surface area contributed by atoms with Crippen molar-refractivity contribution in [3.05, 3.63) is 129 Å². The molecule has 0 unspecified atom stereocenters. The highest BCUT2D eigenvalue weighted by molar-refractivity contribution is 7.92. The van der Waals surface area contributed by atoms with E-state index in [4.69, 9.17) is 23.2 Å². The first-order valence-corrected chi connectivity index (χ1v) is 17.2. The van der Waals surface area contributed by atoms with Crippen LogP contribution in [0.5, 0.6) is 0 Å². The van der Waals surface area contributed by atoms with Gasteiger partial charge in [0.05, 0.1) is 20.6 Å². The van der Waals surface area contributed by atoms with Gasteiger partial charge in [-0.05, 0) is 93.3 Å². The SMILES string of the molecule is Cc1ccc(S(=O)(=O)N(CC(=O)N(Cc2ccc(Cl)c(Cl)c2)[C@H](Cc2ccccc2)C(=O)NC(C)C)c2ccc(C)c(C)c2)cc1. The molecule has 10 heteroatoms. The molecule has 4 aromatic rings. The van der Waals surface area contributed by atoms with Gasteiger partial charge in [0.1, 0.15) is 12.6 Å². The Hall–Kier alpha value is -3.85. The Bertz CT molecular complexity index is 1800. The molecule has 0 radical (unpaired) electrons. The van der Waals surface area contributed by atoms with Crippen LogP contribution in [0.1, 0.15) is 41.7 Å². The molecule has 4 aromatic carbocycles. The fourth-order valence-electron chi connectivity index (χ4n) is 5.02. The fraction of sp³-hybridized carbons (Fsp3) is 0.278. The second kappa shape index (κ2) is 15.2. The molecule has 7 nitrogen and oxygen atoms in total. The Balaban J connectivity index is 1.84. The van der Waals surface area contributed by atoms with Crippen molar-refractivity contribution in [3.63, 3.8) is 0 Å². The number of sulfonamides is 1. The second-order valence-corrected chi connectivity index (χ2v) is 14.4. The molecule has 0 aliphatic heterocycles.